The van der Waals surface area contributed by atoms with E-state index in [4.69, 9.17) is 9.47 Å². The number of carbonyl (C=O) groups is 2. The Kier molecular flexibility index (Phi) is 7.54. The van der Waals surface area contributed by atoms with E-state index in [0.29, 0.717) is 22.6 Å². The third kappa shape index (κ3) is 5.84. The molecule has 9 nitrogen and oxygen atoms in total. The molecule has 4 rings (SSSR count). The number of hydrogen-bond donors (Lipinski definition) is 3. The van der Waals surface area contributed by atoms with E-state index in [1.54, 1.807) is 68.0 Å². The number of anilines is 1. The van der Waals surface area contributed by atoms with Gasteiger partial charge in [0, 0.05) is 18.0 Å². The Morgan fingerprint density at radius 2 is 1.69 bits per heavy atom. The first-order valence-electron chi connectivity index (χ1n) is 11.1. The molecule has 0 saturated carbocycles. The molecular formula is C26H24FN5O4. The number of nitrogens with one attached hydrogen (secondary N) is 3. The van der Waals surface area contributed by atoms with Crippen LogP contribution in [0.3, 0.4) is 0 Å². The van der Waals surface area contributed by atoms with Gasteiger partial charge < -0.3 is 20.1 Å². The van der Waals surface area contributed by atoms with Crippen molar-refractivity contribution >= 4 is 17.8 Å². The van der Waals surface area contributed by atoms with Crippen molar-refractivity contribution in [1.82, 2.24) is 20.5 Å². The third-order valence-electron chi connectivity index (χ3n) is 5.37. The number of alkyl carbamates (subject to hydrolysis) is 1. The fourth-order valence-electron chi connectivity index (χ4n) is 3.44. The number of ether oxygens (including phenoxy) is 2. The number of aromatic amines is 1. The van der Waals surface area contributed by atoms with Gasteiger partial charge in [-0.2, -0.15) is 5.10 Å². The van der Waals surface area contributed by atoms with E-state index in [-0.39, 0.29) is 18.2 Å². The zero-order valence-corrected chi connectivity index (χ0v) is 19.6. The van der Waals surface area contributed by atoms with Crippen LogP contribution in [-0.2, 0) is 16.1 Å². The van der Waals surface area contributed by atoms with Crippen LogP contribution in [0.1, 0.15) is 12.5 Å². The highest BCUT2D eigenvalue weighted by atomic mass is 19.1. The molecule has 0 aliphatic heterocycles. The Balaban J connectivity index is 1.44. The lowest BCUT2D eigenvalue weighted by atomic mass is 10.0. The number of aromatic nitrogens is 3. The Hall–Kier alpha value is -4.73. The lowest BCUT2D eigenvalue weighted by molar-refractivity contribution is -0.117. The second kappa shape index (κ2) is 11.1. The van der Waals surface area contributed by atoms with Crippen molar-refractivity contribution in [2.45, 2.75) is 19.6 Å². The van der Waals surface area contributed by atoms with Crippen molar-refractivity contribution in [3.05, 3.63) is 84.4 Å². The Labute approximate surface area is 206 Å². The van der Waals surface area contributed by atoms with Crippen LogP contribution in [0, 0.1) is 5.82 Å². The molecule has 0 unspecified atom stereocenters. The topological polar surface area (TPSA) is 118 Å². The van der Waals surface area contributed by atoms with Crippen molar-refractivity contribution in [2.75, 3.05) is 12.4 Å². The molecule has 0 aliphatic carbocycles. The molecule has 0 aliphatic rings. The lowest BCUT2D eigenvalue weighted by Gasteiger charge is -2.14. The van der Waals surface area contributed by atoms with Crippen LogP contribution in [0.4, 0.5) is 15.0 Å². The van der Waals surface area contributed by atoms with Crippen molar-refractivity contribution < 1.29 is 23.5 Å². The number of halogens is 1. The highest BCUT2D eigenvalue weighted by molar-refractivity contribution is 6.00. The van der Waals surface area contributed by atoms with Gasteiger partial charge in [-0.05, 0) is 66.6 Å². The first-order chi connectivity index (χ1) is 17.4. The zero-order chi connectivity index (χ0) is 25.5. The fourth-order valence-corrected chi connectivity index (χ4v) is 3.44. The third-order valence-corrected chi connectivity index (χ3v) is 5.37. The molecule has 2 heterocycles. The summed E-state index contributed by atoms with van der Waals surface area (Å²) in [5, 5.41) is 12.4. The SMILES string of the molecule is COc1ccc(COC(=O)N[C@@H](C)C(=O)Nc2n[nH]c(-c3ccc(F)cc3)c2-c2ccncc2)cc1. The van der Waals surface area contributed by atoms with Crippen molar-refractivity contribution in [1.29, 1.82) is 0 Å². The molecule has 0 fully saturated rings. The van der Waals surface area contributed by atoms with Gasteiger partial charge in [0.15, 0.2) is 5.82 Å². The summed E-state index contributed by atoms with van der Waals surface area (Å²) in [4.78, 5) is 29.1. The van der Waals surface area contributed by atoms with E-state index in [1.807, 2.05) is 0 Å². The quantitative estimate of drug-likeness (QED) is 0.334. The minimum atomic E-state index is -0.912. The predicted octanol–water partition coefficient (Wildman–Crippen LogP) is 4.54. The molecule has 0 saturated heterocycles. The number of rotatable bonds is 8. The molecule has 4 aromatic rings. The fraction of sp³-hybridized carbons (Fsp3) is 0.154. The van der Waals surface area contributed by atoms with E-state index >= 15 is 0 Å². The Bertz CT molecular complexity index is 1320. The summed E-state index contributed by atoms with van der Waals surface area (Å²) in [6.07, 6.45) is 2.49. The predicted molar refractivity (Wildman–Crippen MR) is 132 cm³/mol. The minimum Gasteiger partial charge on any atom is -0.497 e. The number of methoxy groups -OCH3 is 1. The average Bonchev–Trinajstić information content (AvgIpc) is 3.32. The first-order valence-corrected chi connectivity index (χ1v) is 11.1. The van der Waals surface area contributed by atoms with Gasteiger partial charge in [-0.25, -0.2) is 9.18 Å². The molecule has 0 spiro atoms. The van der Waals surface area contributed by atoms with Crippen molar-refractivity contribution in [3.63, 3.8) is 0 Å². The highest BCUT2D eigenvalue weighted by Crippen LogP contribution is 2.36. The average molecular weight is 490 g/mol. The molecule has 0 bridgehead atoms. The summed E-state index contributed by atoms with van der Waals surface area (Å²) in [6, 6.07) is 15.6. The van der Waals surface area contributed by atoms with Crippen LogP contribution in [0.15, 0.2) is 73.1 Å². The standard InChI is InChI=1S/C26H24FN5O4/c1-16(29-26(34)36-15-17-3-9-21(35-2)10-4-17)25(33)30-24-22(18-11-13-28-14-12-18)23(31-32-24)19-5-7-20(27)8-6-19/h3-14,16H,15H2,1-2H3,(H,29,34)(H2,30,31,32,33)/t16-/m0/s1. The normalized spacial score (nSPS) is 11.4. The monoisotopic (exact) mass is 489 g/mol. The number of hydrogen-bond acceptors (Lipinski definition) is 6. The van der Waals surface area contributed by atoms with Crippen LogP contribution in [0.25, 0.3) is 22.4 Å². The van der Waals surface area contributed by atoms with Crippen LogP contribution < -0.4 is 15.4 Å². The summed E-state index contributed by atoms with van der Waals surface area (Å²) in [5.74, 6) is 0.0891. The molecule has 36 heavy (non-hydrogen) atoms. The number of benzene rings is 2. The molecule has 1 atom stereocenters. The maximum atomic E-state index is 13.4. The van der Waals surface area contributed by atoms with Crippen LogP contribution in [0.5, 0.6) is 5.75 Å². The van der Waals surface area contributed by atoms with Gasteiger partial charge in [0.05, 0.1) is 18.4 Å². The maximum Gasteiger partial charge on any atom is 0.408 e. The molecule has 3 N–H and O–H groups in total. The largest absolute Gasteiger partial charge is 0.497 e. The second-order valence-electron chi connectivity index (χ2n) is 7.84. The van der Waals surface area contributed by atoms with Crippen LogP contribution in [-0.4, -0.2) is 40.3 Å². The summed E-state index contributed by atoms with van der Waals surface area (Å²) in [5.41, 5.74) is 3.40. The maximum absolute atomic E-state index is 13.4. The minimum absolute atomic E-state index is 0.0384. The van der Waals surface area contributed by atoms with Crippen LogP contribution >= 0.6 is 0 Å². The molecule has 0 radical (unpaired) electrons. The first kappa shape index (κ1) is 24.4. The molecule has 10 heteroatoms. The van der Waals surface area contributed by atoms with Gasteiger partial charge in [-0.15, -0.1) is 0 Å². The van der Waals surface area contributed by atoms with Gasteiger partial charge in [0.25, 0.3) is 0 Å². The smallest absolute Gasteiger partial charge is 0.408 e. The molecule has 2 aromatic carbocycles. The lowest BCUT2D eigenvalue weighted by Crippen LogP contribution is -2.41. The van der Waals surface area contributed by atoms with E-state index < -0.39 is 18.0 Å². The summed E-state index contributed by atoms with van der Waals surface area (Å²) < 4.78 is 23.7. The van der Waals surface area contributed by atoms with Crippen LogP contribution in [0.2, 0.25) is 0 Å². The van der Waals surface area contributed by atoms with E-state index in [1.165, 1.54) is 19.1 Å². The molecule has 2 aromatic heterocycles. The summed E-state index contributed by atoms with van der Waals surface area (Å²) >= 11 is 0. The molecule has 2 amide bonds. The number of H-pyrrole nitrogens is 1. The van der Waals surface area contributed by atoms with Gasteiger partial charge in [-0.3, -0.25) is 14.9 Å². The number of nitrogens with zero attached hydrogens (tertiary/aromatic N) is 2. The van der Waals surface area contributed by atoms with Gasteiger partial charge in [-0.1, -0.05) is 12.1 Å². The molecular weight excluding hydrogens is 465 g/mol. The molecule has 184 valence electrons. The zero-order valence-electron chi connectivity index (χ0n) is 19.6. The van der Waals surface area contributed by atoms with Gasteiger partial charge >= 0.3 is 6.09 Å². The van der Waals surface area contributed by atoms with E-state index in [2.05, 4.69) is 25.8 Å². The number of pyridine rings is 1. The van der Waals surface area contributed by atoms with Crippen molar-refractivity contribution in [3.8, 4) is 28.1 Å². The summed E-state index contributed by atoms with van der Waals surface area (Å²) in [6.45, 7) is 1.57. The number of carbonyl (C=O) groups excluding carboxylic acids is 2. The number of amides is 2. The van der Waals surface area contributed by atoms with Gasteiger partial charge in [0.1, 0.15) is 24.2 Å². The summed E-state index contributed by atoms with van der Waals surface area (Å²) in [7, 11) is 1.57. The van der Waals surface area contributed by atoms with E-state index in [9.17, 15) is 14.0 Å². The van der Waals surface area contributed by atoms with Crippen molar-refractivity contribution in [2.24, 2.45) is 0 Å². The highest BCUT2D eigenvalue weighted by Gasteiger charge is 2.22. The second-order valence-corrected chi connectivity index (χ2v) is 7.84. The van der Waals surface area contributed by atoms with Gasteiger partial charge in [0.2, 0.25) is 5.91 Å². The van der Waals surface area contributed by atoms with E-state index in [0.717, 1.165) is 11.1 Å². The Morgan fingerprint density at radius 3 is 2.36 bits per heavy atom. The Morgan fingerprint density at radius 1 is 1.00 bits per heavy atom.